The number of hydrogen-bond donors (Lipinski definition) is 1. The zero-order valence-corrected chi connectivity index (χ0v) is 10.1. The summed E-state index contributed by atoms with van der Waals surface area (Å²) in [5.41, 5.74) is 0.619. The van der Waals surface area contributed by atoms with Crippen LogP contribution < -0.4 is 10.1 Å². The first-order valence-corrected chi connectivity index (χ1v) is 5.09. The minimum absolute atomic E-state index is 0.0235. The Balaban J connectivity index is 2.82. The van der Waals surface area contributed by atoms with E-state index in [0.29, 0.717) is 11.4 Å². The van der Waals surface area contributed by atoms with Crippen LogP contribution in [0.1, 0.15) is 0 Å². The summed E-state index contributed by atoms with van der Waals surface area (Å²) in [6.45, 7) is 0.0235. The monoisotopic (exact) mass is 273 g/mol. The van der Waals surface area contributed by atoms with Gasteiger partial charge in [0.1, 0.15) is 12.4 Å². The number of amides is 1. The second kappa shape index (κ2) is 5.72. The van der Waals surface area contributed by atoms with Crippen molar-refractivity contribution in [3.63, 3.8) is 0 Å². The lowest BCUT2D eigenvalue weighted by molar-refractivity contribution is -0.119. The lowest BCUT2D eigenvalue weighted by atomic mass is 10.3. The molecule has 0 saturated heterocycles. The molecule has 1 aromatic rings. The number of carbonyl (C=O) groups is 1. The largest absolute Gasteiger partial charge is 0.495 e. The van der Waals surface area contributed by atoms with Crippen molar-refractivity contribution < 1.29 is 14.3 Å². The molecule has 0 aromatic heterocycles. The van der Waals surface area contributed by atoms with E-state index in [4.69, 9.17) is 9.47 Å². The van der Waals surface area contributed by atoms with Crippen molar-refractivity contribution >= 4 is 27.5 Å². The minimum Gasteiger partial charge on any atom is -0.495 e. The Morgan fingerprint density at radius 1 is 1.47 bits per heavy atom. The van der Waals surface area contributed by atoms with Gasteiger partial charge in [-0.15, -0.1) is 0 Å². The third-order valence-electron chi connectivity index (χ3n) is 1.71. The quantitative estimate of drug-likeness (QED) is 0.914. The van der Waals surface area contributed by atoms with Gasteiger partial charge in [0.2, 0.25) is 5.91 Å². The molecule has 0 aliphatic heterocycles. The molecule has 15 heavy (non-hydrogen) atoms. The van der Waals surface area contributed by atoms with Gasteiger partial charge in [-0.05, 0) is 18.2 Å². The van der Waals surface area contributed by atoms with E-state index < -0.39 is 0 Å². The highest BCUT2D eigenvalue weighted by Gasteiger charge is 2.07. The summed E-state index contributed by atoms with van der Waals surface area (Å²) in [5, 5.41) is 2.68. The molecule has 0 atom stereocenters. The van der Waals surface area contributed by atoms with Crippen LogP contribution in [0.4, 0.5) is 5.69 Å². The van der Waals surface area contributed by atoms with Gasteiger partial charge in [-0.25, -0.2) is 0 Å². The van der Waals surface area contributed by atoms with Crippen molar-refractivity contribution in [3.8, 4) is 5.75 Å². The molecule has 0 aliphatic carbocycles. The molecule has 1 aromatic carbocycles. The Bertz CT molecular complexity index is 355. The zero-order chi connectivity index (χ0) is 11.3. The number of anilines is 1. The third kappa shape index (κ3) is 3.53. The van der Waals surface area contributed by atoms with Gasteiger partial charge < -0.3 is 14.8 Å². The van der Waals surface area contributed by atoms with Gasteiger partial charge in [0.05, 0.1) is 12.8 Å². The highest BCUT2D eigenvalue weighted by atomic mass is 79.9. The summed E-state index contributed by atoms with van der Waals surface area (Å²) in [6.07, 6.45) is 0. The molecule has 0 radical (unpaired) electrons. The van der Waals surface area contributed by atoms with Crippen molar-refractivity contribution in [1.82, 2.24) is 0 Å². The van der Waals surface area contributed by atoms with Crippen LogP contribution in [0.5, 0.6) is 5.75 Å². The van der Waals surface area contributed by atoms with E-state index in [1.54, 1.807) is 19.2 Å². The molecular weight excluding hydrogens is 262 g/mol. The van der Waals surface area contributed by atoms with Gasteiger partial charge in [0.25, 0.3) is 0 Å². The summed E-state index contributed by atoms with van der Waals surface area (Å²) in [5.74, 6) is 0.400. The zero-order valence-electron chi connectivity index (χ0n) is 8.54. The Morgan fingerprint density at radius 2 is 2.20 bits per heavy atom. The van der Waals surface area contributed by atoms with E-state index in [1.807, 2.05) is 6.07 Å². The van der Waals surface area contributed by atoms with Crippen LogP contribution in [0.2, 0.25) is 0 Å². The van der Waals surface area contributed by atoms with Gasteiger partial charge in [-0.2, -0.15) is 0 Å². The van der Waals surface area contributed by atoms with E-state index in [1.165, 1.54) is 7.11 Å². The van der Waals surface area contributed by atoms with E-state index in [9.17, 15) is 4.79 Å². The highest BCUT2D eigenvalue weighted by Crippen LogP contribution is 2.27. The molecule has 4 nitrogen and oxygen atoms in total. The highest BCUT2D eigenvalue weighted by molar-refractivity contribution is 9.10. The van der Waals surface area contributed by atoms with Crippen LogP contribution in [0.15, 0.2) is 22.7 Å². The van der Waals surface area contributed by atoms with Crippen LogP contribution in [0.25, 0.3) is 0 Å². The summed E-state index contributed by atoms with van der Waals surface area (Å²) in [7, 11) is 3.02. The van der Waals surface area contributed by atoms with E-state index in [2.05, 4.69) is 21.2 Å². The lowest BCUT2D eigenvalue weighted by Crippen LogP contribution is -2.17. The predicted octanol–water partition coefficient (Wildman–Crippen LogP) is 2.04. The molecule has 1 amide bonds. The number of halogens is 1. The average Bonchev–Trinajstić information content (AvgIpc) is 2.18. The smallest absolute Gasteiger partial charge is 0.250 e. The standard InChI is InChI=1S/C10H12BrNO3/c1-14-6-10(13)12-8-5-7(11)3-4-9(8)15-2/h3-5H,6H2,1-2H3,(H,12,13). The number of rotatable bonds is 4. The van der Waals surface area contributed by atoms with Crippen molar-refractivity contribution in [2.75, 3.05) is 26.1 Å². The fraction of sp³-hybridized carbons (Fsp3) is 0.300. The van der Waals surface area contributed by atoms with Crippen molar-refractivity contribution in [2.24, 2.45) is 0 Å². The van der Waals surface area contributed by atoms with E-state index in [-0.39, 0.29) is 12.5 Å². The fourth-order valence-corrected chi connectivity index (χ4v) is 1.46. The summed E-state index contributed by atoms with van der Waals surface area (Å²) < 4.78 is 10.7. The van der Waals surface area contributed by atoms with Gasteiger partial charge in [0, 0.05) is 11.6 Å². The average molecular weight is 274 g/mol. The molecule has 1 rings (SSSR count). The Kier molecular flexibility index (Phi) is 4.58. The minimum atomic E-state index is -0.214. The molecule has 0 aliphatic rings. The summed E-state index contributed by atoms with van der Waals surface area (Å²) in [6, 6.07) is 5.38. The first kappa shape index (κ1) is 12.0. The van der Waals surface area contributed by atoms with Crippen molar-refractivity contribution in [1.29, 1.82) is 0 Å². The maximum absolute atomic E-state index is 11.3. The number of hydrogen-bond acceptors (Lipinski definition) is 3. The van der Waals surface area contributed by atoms with Gasteiger partial charge in [-0.1, -0.05) is 15.9 Å². The van der Waals surface area contributed by atoms with Crippen LogP contribution >= 0.6 is 15.9 Å². The predicted molar refractivity (Wildman–Crippen MR) is 61.2 cm³/mol. The van der Waals surface area contributed by atoms with Crippen LogP contribution in [-0.2, 0) is 9.53 Å². The molecule has 0 fully saturated rings. The van der Waals surface area contributed by atoms with Crippen molar-refractivity contribution in [2.45, 2.75) is 0 Å². The second-order valence-corrected chi connectivity index (χ2v) is 3.74. The first-order chi connectivity index (χ1) is 7.17. The molecule has 82 valence electrons. The molecule has 0 heterocycles. The molecule has 0 spiro atoms. The second-order valence-electron chi connectivity index (χ2n) is 2.83. The molecule has 5 heteroatoms. The maximum atomic E-state index is 11.3. The molecule has 0 unspecified atom stereocenters. The fourth-order valence-electron chi connectivity index (χ4n) is 1.10. The topological polar surface area (TPSA) is 47.6 Å². The molecule has 0 saturated carbocycles. The Morgan fingerprint density at radius 3 is 2.80 bits per heavy atom. The van der Waals surface area contributed by atoms with Crippen LogP contribution in [0.3, 0.4) is 0 Å². The SMILES string of the molecule is COCC(=O)Nc1cc(Br)ccc1OC. The summed E-state index contributed by atoms with van der Waals surface area (Å²) in [4.78, 5) is 11.3. The summed E-state index contributed by atoms with van der Waals surface area (Å²) >= 11 is 3.32. The lowest BCUT2D eigenvalue weighted by Gasteiger charge is -2.09. The number of benzene rings is 1. The van der Waals surface area contributed by atoms with E-state index >= 15 is 0 Å². The van der Waals surface area contributed by atoms with Crippen LogP contribution in [0, 0.1) is 0 Å². The number of carbonyl (C=O) groups excluding carboxylic acids is 1. The van der Waals surface area contributed by atoms with Crippen LogP contribution in [-0.4, -0.2) is 26.7 Å². The molecule has 0 bridgehead atoms. The van der Waals surface area contributed by atoms with E-state index in [0.717, 1.165) is 4.47 Å². The number of ether oxygens (including phenoxy) is 2. The Hall–Kier alpha value is -1.07. The number of methoxy groups -OCH3 is 2. The molecular formula is C10H12BrNO3. The number of nitrogens with one attached hydrogen (secondary N) is 1. The normalized spacial score (nSPS) is 9.80. The molecule has 1 N–H and O–H groups in total. The Labute approximate surface area is 96.7 Å². The van der Waals surface area contributed by atoms with Gasteiger partial charge >= 0.3 is 0 Å². The first-order valence-electron chi connectivity index (χ1n) is 4.29. The van der Waals surface area contributed by atoms with Crippen molar-refractivity contribution in [3.05, 3.63) is 22.7 Å². The van der Waals surface area contributed by atoms with Gasteiger partial charge in [-0.3, -0.25) is 4.79 Å². The maximum Gasteiger partial charge on any atom is 0.250 e. The van der Waals surface area contributed by atoms with Gasteiger partial charge in [0.15, 0.2) is 0 Å². The third-order valence-corrected chi connectivity index (χ3v) is 2.20.